The molecule has 1 aliphatic rings. The summed E-state index contributed by atoms with van der Waals surface area (Å²) in [6, 6.07) is 7.82. The maximum absolute atomic E-state index is 15.3. The van der Waals surface area contributed by atoms with Crippen LogP contribution in [0.4, 0.5) is 4.39 Å². The second kappa shape index (κ2) is 15.8. The normalized spacial score (nSPS) is 18.9. The number of likely N-dealkylation sites (tertiary alicyclic amines) is 1. The first-order valence-electron chi connectivity index (χ1n) is 12.6. The summed E-state index contributed by atoms with van der Waals surface area (Å²) in [4.78, 5) is 48.5. The van der Waals surface area contributed by atoms with Crippen LogP contribution in [-0.4, -0.2) is 85.0 Å². The predicted octanol–water partition coefficient (Wildman–Crippen LogP) is 2.50. The standard InChI is InChI=1S/C26H37FN2O8/c1-2-36-24(32)13-7-4-8-14-35-19-26(27)16-21(25(33)34)29(18-26)23(31)17-28-22(30)12-9-15-37-20-10-5-3-6-11-20/h3,5-6,10-11,21H,2,4,7-9,12-19H2,1H3,(H,28,30)(H,33,34). The maximum atomic E-state index is 15.3. The van der Waals surface area contributed by atoms with Crippen LogP contribution in [0, 0.1) is 0 Å². The summed E-state index contributed by atoms with van der Waals surface area (Å²) in [7, 11) is 0. The van der Waals surface area contributed by atoms with Gasteiger partial charge in [-0.25, -0.2) is 9.18 Å². The molecule has 1 aromatic rings. The van der Waals surface area contributed by atoms with Crippen molar-refractivity contribution in [1.29, 1.82) is 0 Å². The summed E-state index contributed by atoms with van der Waals surface area (Å²) in [6.07, 6.45) is 2.45. The third-order valence-electron chi connectivity index (χ3n) is 5.83. The van der Waals surface area contributed by atoms with Crippen LogP contribution in [-0.2, 0) is 28.7 Å². The molecule has 2 N–H and O–H groups in total. The highest BCUT2D eigenvalue weighted by Crippen LogP contribution is 2.31. The lowest BCUT2D eigenvalue weighted by molar-refractivity contribution is -0.148. The zero-order valence-corrected chi connectivity index (χ0v) is 21.3. The summed E-state index contributed by atoms with van der Waals surface area (Å²) >= 11 is 0. The van der Waals surface area contributed by atoms with E-state index in [0.717, 1.165) is 4.90 Å². The maximum Gasteiger partial charge on any atom is 0.326 e. The molecule has 10 nitrogen and oxygen atoms in total. The molecule has 37 heavy (non-hydrogen) atoms. The average molecular weight is 525 g/mol. The molecule has 0 aromatic heterocycles. The number of hydrogen-bond donors (Lipinski definition) is 2. The van der Waals surface area contributed by atoms with Crippen molar-refractivity contribution in [2.24, 2.45) is 0 Å². The number of nitrogens with zero attached hydrogens (tertiary/aromatic N) is 1. The van der Waals surface area contributed by atoms with Gasteiger partial charge in [0.1, 0.15) is 11.8 Å². The minimum absolute atomic E-state index is 0.128. The molecule has 2 amide bonds. The number of aliphatic carboxylic acids is 1. The van der Waals surface area contributed by atoms with Crippen molar-refractivity contribution in [2.75, 3.05) is 39.5 Å². The van der Waals surface area contributed by atoms with E-state index in [9.17, 15) is 24.3 Å². The Morgan fingerprint density at radius 3 is 2.54 bits per heavy atom. The van der Waals surface area contributed by atoms with Gasteiger partial charge >= 0.3 is 11.9 Å². The van der Waals surface area contributed by atoms with Crippen molar-refractivity contribution in [3.63, 3.8) is 0 Å². The van der Waals surface area contributed by atoms with Crippen molar-refractivity contribution in [1.82, 2.24) is 10.2 Å². The number of carbonyl (C=O) groups is 4. The van der Waals surface area contributed by atoms with Crippen LogP contribution in [0.1, 0.15) is 51.9 Å². The Hall–Kier alpha value is -3.21. The van der Waals surface area contributed by atoms with Gasteiger partial charge in [-0.3, -0.25) is 14.4 Å². The fraction of sp³-hybridized carbons (Fsp3) is 0.615. The van der Waals surface area contributed by atoms with Crippen molar-refractivity contribution < 1.29 is 42.9 Å². The van der Waals surface area contributed by atoms with Gasteiger partial charge in [0.2, 0.25) is 11.8 Å². The Bertz CT molecular complexity index is 885. The Morgan fingerprint density at radius 2 is 1.84 bits per heavy atom. The minimum atomic E-state index is -2.00. The van der Waals surface area contributed by atoms with Gasteiger partial charge in [0, 0.05) is 25.9 Å². The predicted molar refractivity (Wildman–Crippen MR) is 132 cm³/mol. The van der Waals surface area contributed by atoms with Gasteiger partial charge in [-0.05, 0) is 38.3 Å². The Morgan fingerprint density at radius 1 is 1.08 bits per heavy atom. The van der Waals surface area contributed by atoms with Gasteiger partial charge in [0.05, 0.1) is 32.9 Å². The fourth-order valence-corrected chi connectivity index (χ4v) is 3.97. The number of esters is 1. The quantitative estimate of drug-likeness (QED) is 0.235. The number of nitrogens with one attached hydrogen (secondary N) is 1. The Balaban J connectivity index is 1.67. The molecule has 0 aliphatic carbocycles. The van der Waals surface area contributed by atoms with Gasteiger partial charge in [0.15, 0.2) is 5.67 Å². The largest absolute Gasteiger partial charge is 0.494 e. The van der Waals surface area contributed by atoms with Gasteiger partial charge in [-0.2, -0.15) is 0 Å². The summed E-state index contributed by atoms with van der Waals surface area (Å²) < 4.78 is 31.1. The lowest BCUT2D eigenvalue weighted by Crippen LogP contribution is -2.46. The van der Waals surface area contributed by atoms with E-state index < -0.39 is 36.7 Å². The minimum Gasteiger partial charge on any atom is -0.494 e. The molecular formula is C26H37FN2O8. The summed E-state index contributed by atoms with van der Waals surface area (Å²) in [5.74, 6) is -1.92. The zero-order chi connectivity index (χ0) is 27.1. The molecule has 0 saturated carbocycles. The van der Waals surface area contributed by atoms with E-state index in [1.807, 2.05) is 18.2 Å². The number of carboxylic acid groups (broad SMARTS) is 1. The Labute approximate surface area is 216 Å². The van der Waals surface area contributed by atoms with Crippen molar-refractivity contribution in [2.45, 2.75) is 63.6 Å². The molecular weight excluding hydrogens is 487 g/mol. The zero-order valence-electron chi connectivity index (χ0n) is 21.3. The second-order valence-electron chi connectivity index (χ2n) is 8.94. The van der Waals surface area contributed by atoms with Crippen LogP contribution in [0.3, 0.4) is 0 Å². The van der Waals surface area contributed by atoms with Crippen LogP contribution < -0.4 is 10.1 Å². The van der Waals surface area contributed by atoms with E-state index in [-0.39, 0.29) is 37.9 Å². The number of benzene rings is 1. The van der Waals surface area contributed by atoms with E-state index in [1.54, 1.807) is 19.1 Å². The number of para-hydroxylation sites is 1. The van der Waals surface area contributed by atoms with Crippen molar-refractivity contribution in [3.05, 3.63) is 30.3 Å². The third kappa shape index (κ3) is 11.2. The number of carbonyl (C=O) groups excluding carboxylic acids is 3. The summed E-state index contributed by atoms with van der Waals surface area (Å²) in [5.41, 5.74) is -2.00. The van der Waals surface area contributed by atoms with E-state index >= 15 is 4.39 Å². The van der Waals surface area contributed by atoms with Crippen molar-refractivity contribution >= 4 is 23.8 Å². The molecule has 206 valence electrons. The first kappa shape index (κ1) is 30.0. The van der Waals surface area contributed by atoms with E-state index in [0.29, 0.717) is 51.1 Å². The van der Waals surface area contributed by atoms with Crippen LogP contribution in [0.25, 0.3) is 0 Å². The van der Waals surface area contributed by atoms with E-state index in [1.165, 1.54) is 0 Å². The molecule has 1 heterocycles. The number of alkyl halides is 1. The van der Waals surface area contributed by atoms with Crippen LogP contribution in [0.2, 0.25) is 0 Å². The average Bonchev–Trinajstić information content (AvgIpc) is 3.23. The number of halogens is 1. The molecule has 1 aliphatic heterocycles. The number of hydrogen-bond acceptors (Lipinski definition) is 7. The topological polar surface area (TPSA) is 131 Å². The first-order chi connectivity index (χ1) is 17.7. The van der Waals surface area contributed by atoms with Gasteiger partial charge in [0.25, 0.3) is 0 Å². The monoisotopic (exact) mass is 524 g/mol. The Kier molecular flexibility index (Phi) is 12.8. The molecule has 2 atom stereocenters. The number of ether oxygens (including phenoxy) is 3. The summed E-state index contributed by atoms with van der Waals surface area (Å²) in [5, 5.41) is 12.0. The molecule has 2 unspecified atom stereocenters. The van der Waals surface area contributed by atoms with E-state index in [2.05, 4.69) is 5.32 Å². The van der Waals surface area contributed by atoms with Crippen LogP contribution in [0.5, 0.6) is 5.75 Å². The second-order valence-corrected chi connectivity index (χ2v) is 8.94. The number of unbranched alkanes of at least 4 members (excludes halogenated alkanes) is 2. The molecule has 0 bridgehead atoms. The molecule has 11 heteroatoms. The molecule has 1 saturated heterocycles. The lowest BCUT2D eigenvalue weighted by Gasteiger charge is -2.22. The lowest BCUT2D eigenvalue weighted by atomic mass is 10.0. The third-order valence-corrected chi connectivity index (χ3v) is 5.83. The molecule has 0 spiro atoms. The first-order valence-corrected chi connectivity index (χ1v) is 12.6. The highest BCUT2D eigenvalue weighted by atomic mass is 19.1. The molecule has 0 radical (unpaired) electrons. The highest BCUT2D eigenvalue weighted by molar-refractivity contribution is 5.88. The van der Waals surface area contributed by atoms with Crippen molar-refractivity contribution in [3.8, 4) is 5.75 Å². The SMILES string of the molecule is CCOC(=O)CCCCCOCC1(F)CC(C(=O)O)N(C(=O)CNC(=O)CCCOc2ccccc2)C1. The summed E-state index contributed by atoms with van der Waals surface area (Å²) in [6.45, 7) is 1.48. The van der Waals surface area contributed by atoms with Gasteiger partial charge in [-0.15, -0.1) is 0 Å². The highest BCUT2D eigenvalue weighted by Gasteiger charge is 2.49. The number of carboxylic acids is 1. The number of amides is 2. The van der Waals surface area contributed by atoms with Gasteiger partial charge in [-0.1, -0.05) is 24.6 Å². The smallest absolute Gasteiger partial charge is 0.326 e. The van der Waals surface area contributed by atoms with Crippen LogP contribution >= 0.6 is 0 Å². The molecule has 2 rings (SSSR count). The fourth-order valence-electron chi connectivity index (χ4n) is 3.97. The molecule has 1 aromatic carbocycles. The van der Waals surface area contributed by atoms with Crippen LogP contribution in [0.15, 0.2) is 30.3 Å². The van der Waals surface area contributed by atoms with E-state index in [4.69, 9.17) is 14.2 Å². The van der Waals surface area contributed by atoms with Gasteiger partial charge < -0.3 is 29.5 Å². The number of rotatable bonds is 17. The molecule has 1 fully saturated rings.